The molecule has 4 heteroatoms. The molecule has 16 heavy (non-hydrogen) atoms. The van der Waals surface area contributed by atoms with Crippen LogP contribution in [0.3, 0.4) is 0 Å². The maximum Gasteiger partial charge on any atom is 0.148 e. The average molecular weight is 220 g/mol. The van der Waals surface area contributed by atoms with E-state index in [4.69, 9.17) is 0 Å². The molecule has 1 unspecified atom stereocenters. The zero-order chi connectivity index (χ0) is 11.4. The second kappa shape index (κ2) is 5.25. The monoisotopic (exact) mass is 220 g/mol. The van der Waals surface area contributed by atoms with Crippen molar-refractivity contribution in [3.8, 4) is 0 Å². The normalized spacial score (nSPS) is 20.3. The Morgan fingerprint density at radius 3 is 2.88 bits per heavy atom. The quantitative estimate of drug-likeness (QED) is 0.806. The first kappa shape index (κ1) is 11.3. The van der Waals surface area contributed by atoms with Crippen molar-refractivity contribution >= 4 is 5.82 Å². The van der Waals surface area contributed by atoms with Crippen molar-refractivity contribution in [3.63, 3.8) is 0 Å². The van der Waals surface area contributed by atoms with Gasteiger partial charge in [-0.1, -0.05) is 13.8 Å². The van der Waals surface area contributed by atoms with Crippen LogP contribution in [0.15, 0.2) is 12.1 Å². The molecule has 1 atom stereocenters. The third kappa shape index (κ3) is 3.17. The second-order valence-corrected chi connectivity index (χ2v) is 4.84. The molecule has 0 amide bonds. The molecule has 0 aromatic carbocycles. The van der Waals surface area contributed by atoms with E-state index in [1.165, 1.54) is 0 Å². The first-order chi connectivity index (χ1) is 7.74. The Bertz CT molecular complexity index is 314. The van der Waals surface area contributed by atoms with E-state index in [-0.39, 0.29) is 0 Å². The van der Waals surface area contributed by atoms with Gasteiger partial charge in [-0.3, -0.25) is 0 Å². The van der Waals surface area contributed by atoms with Gasteiger partial charge in [-0.25, -0.2) is 0 Å². The summed E-state index contributed by atoms with van der Waals surface area (Å²) in [7, 11) is 0. The predicted molar refractivity (Wildman–Crippen MR) is 65.5 cm³/mol. The van der Waals surface area contributed by atoms with Gasteiger partial charge < -0.3 is 10.6 Å². The Balaban J connectivity index is 1.90. The molecule has 0 radical (unpaired) electrons. The van der Waals surface area contributed by atoms with E-state index in [1.54, 1.807) is 0 Å². The minimum absolute atomic E-state index is 0.505. The number of hydrogen-bond acceptors (Lipinski definition) is 4. The van der Waals surface area contributed by atoms with Gasteiger partial charge in [0, 0.05) is 12.6 Å². The van der Waals surface area contributed by atoms with Gasteiger partial charge in [-0.15, -0.1) is 5.10 Å². The van der Waals surface area contributed by atoms with Gasteiger partial charge in [0.2, 0.25) is 0 Å². The summed E-state index contributed by atoms with van der Waals surface area (Å²) in [5, 5.41) is 15.1. The molecule has 88 valence electrons. The lowest BCUT2D eigenvalue weighted by Gasteiger charge is -2.11. The molecule has 1 saturated heterocycles. The molecule has 0 saturated carbocycles. The summed E-state index contributed by atoms with van der Waals surface area (Å²) in [6.45, 7) is 6.50. The largest absolute Gasteiger partial charge is 0.365 e. The minimum Gasteiger partial charge on any atom is -0.365 e. The van der Waals surface area contributed by atoms with Crippen LogP contribution in [0, 0.1) is 5.92 Å². The highest BCUT2D eigenvalue weighted by molar-refractivity contribution is 5.34. The van der Waals surface area contributed by atoms with Gasteiger partial charge in [0.25, 0.3) is 0 Å². The fourth-order valence-corrected chi connectivity index (χ4v) is 1.95. The van der Waals surface area contributed by atoms with Crippen molar-refractivity contribution in [2.75, 3.05) is 18.4 Å². The number of nitrogens with zero attached hydrogens (tertiary/aromatic N) is 2. The van der Waals surface area contributed by atoms with Crippen LogP contribution in [-0.2, 0) is 6.42 Å². The molecule has 1 fully saturated rings. The highest BCUT2D eigenvalue weighted by Gasteiger charge is 2.14. The van der Waals surface area contributed by atoms with Crippen LogP contribution in [-0.4, -0.2) is 29.3 Å². The summed E-state index contributed by atoms with van der Waals surface area (Å²) < 4.78 is 0. The number of aromatic nitrogens is 2. The summed E-state index contributed by atoms with van der Waals surface area (Å²) in [5.41, 5.74) is 1.07. The Labute approximate surface area is 96.9 Å². The molecule has 1 aromatic rings. The van der Waals surface area contributed by atoms with Crippen molar-refractivity contribution in [1.82, 2.24) is 15.5 Å². The Morgan fingerprint density at radius 2 is 2.31 bits per heavy atom. The molecule has 0 aliphatic carbocycles. The van der Waals surface area contributed by atoms with Gasteiger partial charge in [-0.2, -0.15) is 5.10 Å². The van der Waals surface area contributed by atoms with Crippen LogP contribution in [0.4, 0.5) is 5.82 Å². The van der Waals surface area contributed by atoms with Crippen LogP contribution in [0.1, 0.15) is 26.0 Å². The van der Waals surface area contributed by atoms with Crippen LogP contribution < -0.4 is 10.6 Å². The third-order valence-corrected chi connectivity index (χ3v) is 2.75. The molecular formula is C12H20N4. The van der Waals surface area contributed by atoms with E-state index in [1.807, 2.05) is 6.07 Å². The van der Waals surface area contributed by atoms with Crippen molar-refractivity contribution in [2.45, 2.75) is 32.7 Å². The molecular weight excluding hydrogens is 200 g/mol. The van der Waals surface area contributed by atoms with E-state index >= 15 is 0 Å². The lowest BCUT2D eigenvalue weighted by molar-refractivity contribution is 0.628. The van der Waals surface area contributed by atoms with E-state index in [9.17, 15) is 0 Å². The van der Waals surface area contributed by atoms with Crippen LogP contribution in [0.2, 0.25) is 0 Å². The summed E-state index contributed by atoms with van der Waals surface area (Å²) in [6, 6.07) is 4.60. The number of hydrogen-bond donors (Lipinski definition) is 2. The zero-order valence-electron chi connectivity index (χ0n) is 10.0. The molecule has 4 nitrogen and oxygen atoms in total. The van der Waals surface area contributed by atoms with Crippen LogP contribution in [0.25, 0.3) is 0 Å². The van der Waals surface area contributed by atoms with Crippen molar-refractivity contribution < 1.29 is 0 Å². The standard InChI is InChI=1S/C12H20N4/c1-9(2)7-10-3-4-12(16-15-10)14-11-5-6-13-8-11/h3-4,9,11,13H,5-8H2,1-2H3,(H,14,16). The third-order valence-electron chi connectivity index (χ3n) is 2.75. The zero-order valence-corrected chi connectivity index (χ0v) is 10.0. The minimum atomic E-state index is 0.505. The summed E-state index contributed by atoms with van der Waals surface area (Å²) in [6.07, 6.45) is 2.16. The molecule has 2 heterocycles. The topological polar surface area (TPSA) is 49.8 Å². The molecule has 1 aromatic heterocycles. The van der Waals surface area contributed by atoms with Gasteiger partial charge in [0.1, 0.15) is 5.82 Å². The maximum atomic E-state index is 4.23. The first-order valence-electron chi connectivity index (χ1n) is 6.04. The van der Waals surface area contributed by atoms with E-state index in [2.05, 4.69) is 40.7 Å². The smallest absolute Gasteiger partial charge is 0.148 e. The molecule has 1 aliphatic heterocycles. The van der Waals surface area contributed by atoms with Crippen LogP contribution >= 0.6 is 0 Å². The number of nitrogens with one attached hydrogen (secondary N) is 2. The summed E-state index contributed by atoms with van der Waals surface area (Å²) in [4.78, 5) is 0. The predicted octanol–water partition coefficient (Wildman–Crippen LogP) is 1.45. The van der Waals surface area contributed by atoms with Crippen molar-refractivity contribution in [2.24, 2.45) is 5.92 Å². The van der Waals surface area contributed by atoms with E-state index < -0.39 is 0 Å². The number of anilines is 1. The van der Waals surface area contributed by atoms with Crippen molar-refractivity contribution in [1.29, 1.82) is 0 Å². The first-order valence-corrected chi connectivity index (χ1v) is 6.04. The highest BCUT2D eigenvalue weighted by atomic mass is 15.2. The lowest BCUT2D eigenvalue weighted by Crippen LogP contribution is -2.22. The average Bonchev–Trinajstić information content (AvgIpc) is 2.73. The Morgan fingerprint density at radius 1 is 1.44 bits per heavy atom. The van der Waals surface area contributed by atoms with Gasteiger partial charge in [0.05, 0.1) is 5.69 Å². The van der Waals surface area contributed by atoms with Gasteiger partial charge >= 0.3 is 0 Å². The van der Waals surface area contributed by atoms with Crippen LogP contribution in [0.5, 0.6) is 0 Å². The summed E-state index contributed by atoms with van der Waals surface area (Å²) in [5.74, 6) is 1.52. The molecule has 2 rings (SSSR count). The molecule has 1 aliphatic rings. The number of rotatable bonds is 4. The SMILES string of the molecule is CC(C)Cc1ccc(NC2CCNC2)nn1. The van der Waals surface area contributed by atoms with Crippen molar-refractivity contribution in [3.05, 3.63) is 17.8 Å². The Hall–Kier alpha value is -1.16. The maximum absolute atomic E-state index is 4.23. The molecule has 2 N–H and O–H groups in total. The van der Waals surface area contributed by atoms with Gasteiger partial charge in [-0.05, 0) is 37.4 Å². The highest BCUT2D eigenvalue weighted by Crippen LogP contribution is 2.10. The Kier molecular flexibility index (Phi) is 3.72. The van der Waals surface area contributed by atoms with E-state index in [0.29, 0.717) is 12.0 Å². The fraction of sp³-hybridized carbons (Fsp3) is 0.667. The second-order valence-electron chi connectivity index (χ2n) is 4.84. The fourth-order valence-electron chi connectivity index (χ4n) is 1.95. The molecule has 0 bridgehead atoms. The van der Waals surface area contributed by atoms with E-state index in [0.717, 1.165) is 37.4 Å². The van der Waals surface area contributed by atoms with Gasteiger partial charge in [0.15, 0.2) is 0 Å². The lowest BCUT2D eigenvalue weighted by atomic mass is 10.1. The summed E-state index contributed by atoms with van der Waals surface area (Å²) >= 11 is 0. The molecule has 0 spiro atoms.